The number of nitrogens with one attached hydrogen (secondary N) is 1. The fraction of sp³-hybridized carbons (Fsp3) is 0.0667. The van der Waals surface area contributed by atoms with Crippen molar-refractivity contribution in [2.24, 2.45) is 0 Å². The smallest absolute Gasteiger partial charge is 0.255 e. The van der Waals surface area contributed by atoms with Crippen LogP contribution in [0.25, 0.3) is 5.82 Å². The summed E-state index contributed by atoms with van der Waals surface area (Å²) in [6.07, 6.45) is 6.28. The van der Waals surface area contributed by atoms with Gasteiger partial charge in [-0.3, -0.25) is 4.79 Å². The first-order valence-electron chi connectivity index (χ1n) is 6.82. The van der Waals surface area contributed by atoms with Crippen LogP contribution in [0.4, 0.5) is 5.69 Å². The van der Waals surface area contributed by atoms with E-state index < -0.39 is 0 Å². The average Bonchev–Trinajstić information content (AvgIpc) is 3.26. The summed E-state index contributed by atoms with van der Waals surface area (Å²) in [6.45, 7) is 0.163. The van der Waals surface area contributed by atoms with E-state index in [0.717, 1.165) is 0 Å². The first kappa shape index (κ1) is 13.3. The molecule has 1 aliphatic rings. The molecule has 0 fully saturated rings. The van der Waals surface area contributed by atoms with E-state index in [9.17, 15) is 4.79 Å². The minimum atomic E-state index is -0.300. The van der Waals surface area contributed by atoms with Crippen molar-refractivity contribution in [2.45, 2.75) is 0 Å². The number of anilines is 1. The first-order valence-corrected chi connectivity index (χ1v) is 6.82. The topological polar surface area (TPSA) is 91.2 Å². The van der Waals surface area contributed by atoms with Gasteiger partial charge in [0, 0.05) is 18.0 Å². The van der Waals surface area contributed by atoms with Gasteiger partial charge in [-0.15, -0.1) is 0 Å². The Balaban J connectivity index is 1.62. The summed E-state index contributed by atoms with van der Waals surface area (Å²) in [5.41, 5.74) is 0.906. The van der Waals surface area contributed by atoms with Crippen LogP contribution in [0.1, 0.15) is 10.4 Å². The van der Waals surface area contributed by atoms with Gasteiger partial charge in [0.2, 0.25) is 6.79 Å². The standard InChI is InChI=1S/C15H11N5O3/c21-15(10-2-3-12-13(6-10)23-9-22-12)19-11-7-16-8-17-14(11)20-5-1-4-18-20/h1-8H,9H2,(H,19,21). The number of benzene rings is 1. The number of rotatable bonds is 3. The van der Waals surface area contributed by atoms with Crippen molar-refractivity contribution in [1.82, 2.24) is 19.7 Å². The summed E-state index contributed by atoms with van der Waals surface area (Å²) >= 11 is 0. The molecule has 0 bridgehead atoms. The van der Waals surface area contributed by atoms with E-state index in [0.29, 0.717) is 28.6 Å². The van der Waals surface area contributed by atoms with Crippen molar-refractivity contribution in [1.29, 1.82) is 0 Å². The summed E-state index contributed by atoms with van der Waals surface area (Å²) < 4.78 is 12.1. The Morgan fingerprint density at radius 1 is 1.26 bits per heavy atom. The molecule has 1 aromatic carbocycles. The molecule has 8 heteroatoms. The fourth-order valence-corrected chi connectivity index (χ4v) is 2.22. The highest BCUT2D eigenvalue weighted by atomic mass is 16.7. The van der Waals surface area contributed by atoms with Crippen molar-refractivity contribution < 1.29 is 14.3 Å². The third-order valence-electron chi connectivity index (χ3n) is 3.30. The second kappa shape index (κ2) is 5.41. The molecule has 1 aliphatic heterocycles. The molecule has 3 aromatic rings. The molecule has 0 saturated heterocycles. The third kappa shape index (κ3) is 2.46. The van der Waals surface area contributed by atoms with Gasteiger partial charge in [-0.05, 0) is 24.3 Å². The number of hydrogen-bond acceptors (Lipinski definition) is 6. The van der Waals surface area contributed by atoms with Gasteiger partial charge in [0.1, 0.15) is 12.0 Å². The maximum Gasteiger partial charge on any atom is 0.255 e. The fourth-order valence-electron chi connectivity index (χ4n) is 2.22. The lowest BCUT2D eigenvalue weighted by Gasteiger charge is -2.09. The van der Waals surface area contributed by atoms with Crippen LogP contribution in [0.2, 0.25) is 0 Å². The van der Waals surface area contributed by atoms with Crippen LogP contribution in [-0.2, 0) is 0 Å². The first-order chi connectivity index (χ1) is 11.3. The van der Waals surface area contributed by atoms with Gasteiger partial charge in [-0.1, -0.05) is 0 Å². The number of carbonyl (C=O) groups excluding carboxylic acids is 1. The highest BCUT2D eigenvalue weighted by Crippen LogP contribution is 2.32. The summed E-state index contributed by atoms with van der Waals surface area (Å²) in [6, 6.07) is 6.77. The van der Waals surface area contributed by atoms with E-state index in [4.69, 9.17) is 9.47 Å². The van der Waals surface area contributed by atoms with Crippen molar-refractivity contribution in [3.63, 3.8) is 0 Å². The summed E-state index contributed by atoms with van der Waals surface area (Å²) in [4.78, 5) is 20.5. The van der Waals surface area contributed by atoms with Gasteiger partial charge in [0.25, 0.3) is 5.91 Å². The second-order valence-corrected chi connectivity index (χ2v) is 4.73. The van der Waals surface area contributed by atoms with Crippen LogP contribution in [0.15, 0.2) is 49.2 Å². The molecule has 114 valence electrons. The molecule has 0 atom stereocenters. The Hall–Kier alpha value is -3.42. The molecule has 0 radical (unpaired) electrons. The number of carbonyl (C=O) groups is 1. The minimum absolute atomic E-state index is 0.163. The summed E-state index contributed by atoms with van der Waals surface area (Å²) in [5, 5.41) is 6.90. The van der Waals surface area contributed by atoms with Crippen LogP contribution in [-0.4, -0.2) is 32.4 Å². The molecule has 0 aliphatic carbocycles. The van der Waals surface area contributed by atoms with Crippen LogP contribution in [0.5, 0.6) is 11.5 Å². The van der Waals surface area contributed by atoms with E-state index in [-0.39, 0.29) is 12.7 Å². The normalized spacial score (nSPS) is 12.2. The SMILES string of the molecule is O=C(Nc1cncnc1-n1cccn1)c1ccc2c(c1)OCO2. The molecule has 1 amide bonds. The Kier molecular flexibility index (Phi) is 3.12. The van der Waals surface area contributed by atoms with Crippen LogP contribution in [0, 0.1) is 0 Å². The average molecular weight is 309 g/mol. The van der Waals surface area contributed by atoms with Gasteiger partial charge in [0.15, 0.2) is 17.3 Å². The summed E-state index contributed by atoms with van der Waals surface area (Å²) in [5.74, 6) is 1.36. The molecule has 0 unspecified atom stereocenters. The predicted octanol–water partition coefficient (Wildman–Crippen LogP) is 1.64. The number of amides is 1. The number of aromatic nitrogens is 4. The molecule has 0 spiro atoms. The maximum absolute atomic E-state index is 12.4. The molecule has 0 saturated carbocycles. The number of fused-ring (bicyclic) bond motifs is 1. The quantitative estimate of drug-likeness (QED) is 0.791. The van der Waals surface area contributed by atoms with E-state index >= 15 is 0 Å². The van der Waals surface area contributed by atoms with Gasteiger partial charge < -0.3 is 14.8 Å². The number of nitrogens with zero attached hydrogens (tertiary/aromatic N) is 4. The van der Waals surface area contributed by atoms with Crippen LogP contribution >= 0.6 is 0 Å². The van der Waals surface area contributed by atoms with Crippen LogP contribution < -0.4 is 14.8 Å². The number of hydrogen-bond donors (Lipinski definition) is 1. The Morgan fingerprint density at radius 2 is 2.17 bits per heavy atom. The molecule has 3 heterocycles. The lowest BCUT2D eigenvalue weighted by molar-refractivity contribution is 0.102. The lowest BCUT2D eigenvalue weighted by atomic mass is 10.2. The van der Waals surface area contributed by atoms with Crippen LogP contribution in [0.3, 0.4) is 0 Å². The molecule has 23 heavy (non-hydrogen) atoms. The van der Waals surface area contributed by atoms with E-state index in [1.807, 2.05) is 0 Å². The van der Waals surface area contributed by atoms with Crippen molar-refractivity contribution in [3.05, 3.63) is 54.7 Å². The Labute approximate surface area is 130 Å². The molecular weight excluding hydrogens is 298 g/mol. The zero-order chi connectivity index (χ0) is 15.6. The highest BCUT2D eigenvalue weighted by molar-refractivity contribution is 6.05. The zero-order valence-electron chi connectivity index (χ0n) is 11.8. The molecule has 8 nitrogen and oxygen atoms in total. The minimum Gasteiger partial charge on any atom is -0.454 e. The van der Waals surface area contributed by atoms with Crippen molar-refractivity contribution in [3.8, 4) is 17.3 Å². The monoisotopic (exact) mass is 309 g/mol. The molecule has 4 rings (SSSR count). The van der Waals surface area contributed by atoms with Gasteiger partial charge in [-0.25, -0.2) is 14.6 Å². The summed E-state index contributed by atoms with van der Waals surface area (Å²) in [7, 11) is 0. The highest BCUT2D eigenvalue weighted by Gasteiger charge is 2.17. The largest absolute Gasteiger partial charge is 0.454 e. The maximum atomic E-state index is 12.4. The van der Waals surface area contributed by atoms with Crippen molar-refractivity contribution in [2.75, 3.05) is 12.1 Å². The zero-order valence-corrected chi connectivity index (χ0v) is 11.8. The second-order valence-electron chi connectivity index (χ2n) is 4.73. The predicted molar refractivity (Wildman–Crippen MR) is 79.7 cm³/mol. The third-order valence-corrected chi connectivity index (χ3v) is 3.30. The Morgan fingerprint density at radius 3 is 3.04 bits per heavy atom. The Bertz CT molecular complexity index is 863. The molecule has 2 aromatic heterocycles. The molecule has 1 N–H and O–H groups in total. The van der Waals surface area contributed by atoms with Crippen molar-refractivity contribution >= 4 is 11.6 Å². The van der Waals surface area contributed by atoms with E-state index in [1.54, 1.807) is 41.3 Å². The lowest BCUT2D eigenvalue weighted by Crippen LogP contribution is -2.15. The molecular formula is C15H11N5O3. The van der Waals surface area contributed by atoms with Gasteiger partial charge in [0.05, 0.1) is 6.20 Å². The van der Waals surface area contributed by atoms with E-state index in [1.165, 1.54) is 12.5 Å². The van der Waals surface area contributed by atoms with E-state index in [2.05, 4.69) is 20.4 Å². The van der Waals surface area contributed by atoms with Gasteiger partial charge in [-0.2, -0.15) is 5.10 Å². The van der Waals surface area contributed by atoms with Gasteiger partial charge >= 0.3 is 0 Å². The number of ether oxygens (including phenoxy) is 2.